The minimum atomic E-state index is 0.405. The van der Waals surface area contributed by atoms with Crippen LogP contribution in [0.3, 0.4) is 0 Å². The van der Waals surface area contributed by atoms with Crippen LogP contribution >= 0.6 is 0 Å². The zero-order valence-corrected chi connectivity index (χ0v) is 13.9. The second-order valence-electron chi connectivity index (χ2n) is 6.98. The molecule has 1 aromatic carbocycles. The number of nitrogens with zero attached hydrogens (tertiary/aromatic N) is 2. The van der Waals surface area contributed by atoms with E-state index in [0.29, 0.717) is 5.41 Å². The number of aryl methyl sites for hydroxylation is 1. The number of nitrogens with one attached hydrogen (secondary N) is 1. The predicted octanol–water partition coefficient (Wildman–Crippen LogP) is 4.01. The average molecular weight is 287 g/mol. The van der Waals surface area contributed by atoms with Gasteiger partial charge in [0.2, 0.25) is 0 Å². The van der Waals surface area contributed by atoms with Crippen LogP contribution in [0, 0.1) is 5.41 Å². The van der Waals surface area contributed by atoms with Crippen molar-refractivity contribution in [1.29, 1.82) is 0 Å². The highest BCUT2D eigenvalue weighted by atomic mass is 15.1. The molecular weight excluding hydrogens is 258 g/mol. The van der Waals surface area contributed by atoms with E-state index in [-0.39, 0.29) is 0 Å². The summed E-state index contributed by atoms with van der Waals surface area (Å²) in [7, 11) is 0. The third-order valence-corrected chi connectivity index (χ3v) is 3.77. The summed E-state index contributed by atoms with van der Waals surface area (Å²) in [6.45, 7) is 12.2. The number of fused-ring (bicyclic) bond motifs is 1. The van der Waals surface area contributed by atoms with Gasteiger partial charge in [0.15, 0.2) is 0 Å². The molecule has 116 valence electrons. The van der Waals surface area contributed by atoms with Crippen molar-refractivity contribution >= 4 is 11.0 Å². The number of benzene rings is 1. The van der Waals surface area contributed by atoms with E-state index in [1.54, 1.807) is 0 Å². The van der Waals surface area contributed by atoms with Crippen LogP contribution in [0.1, 0.15) is 46.4 Å². The fraction of sp³-hybridized carbons (Fsp3) is 0.611. The summed E-state index contributed by atoms with van der Waals surface area (Å²) in [6.07, 6.45) is 3.40. The lowest BCUT2D eigenvalue weighted by Gasteiger charge is -2.18. The van der Waals surface area contributed by atoms with Gasteiger partial charge in [-0.15, -0.1) is 0 Å². The number of aromatic nitrogens is 2. The summed E-state index contributed by atoms with van der Waals surface area (Å²) in [6, 6.07) is 8.45. The van der Waals surface area contributed by atoms with Gasteiger partial charge in [-0.05, 0) is 36.9 Å². The highest BCUT2D eigenvalue weighted by molar-refractivity contribution is 5.75. The molecule has 0 amide bonds. The van der Waals surface area contributed by atoms with Crippen molar-refractivity contribution in [3.63, 3.8) is 0 Å². The normalized spacial score (nSPS) is 12.2. The Morgan fingerprint density at radius 1 is 1.14 bits per heavy atom. The van der Waals surface area contributed by atoms with Crippen LogP contribution in [-0.2, 0) is 13.0 Å². The fourth-order valence-electron chi connectivity index (χ4n) is 2.57. The first kappa shape index (κ1) is 16.0. The predicted molar refractivity (Wildman–Crippen MR) is 90.7 cm³/mol. The van der Waals surface area contributed by atoms with Gasteiger partial charge in [0.25, 0.3) is 0 Å². The van der Waals surface area contributed by atoms with Crippen LogP contribution in [0.25, 0.3) is 11.0 Å². The van der Waals surface area contributed by atoms with Crippen LogP contribution in [0.4, 0.5) is 0 Å². The summed E-state index contributed by atoms with van der Waals surface area (Å²) in [5.74, 6) is 1.22. The van der Waals surface area contributed by atoms with E-state index in [2.05, 4.69) is 61.8 Å². The number of para-hydroxylation sites is 2. The van der Waals surface area contributed by atoms with Crippen LogP contribution in [0.2, 0.25) is 0 Å². The van der Waals surface area contributed by atoms with E-state index in [1.165, 1.54) is 17.8 Å². The zero-order valence-electron chi connectivity index (χ0n) is 13.9. The molecule has 3 nitrogen and oxygen atoms in total. The van der Waals surface area contributed by atoms with E-state index >= 15 is 0 Å². The van der Waals surface area contributed by atoms with E-state index < -0.39 is 0 Å². The van der Waals surface area contributed by atoms with Crippen LogP contribution in [0.15, 0.2) is 24.3 Å². The first-order valence-corrected chi connectivity index (χ1v) is 8.16. The van der Waals surface area contributed by atoms with Gasteiger partial charge in [-0.1, -0.05) is 39.8 Å². The van der Waals surface area contributed by atoms with Crippen LogP contribution in [-0.4, -0.2) is 22.6 Å². The molecule has 0 saturated heterocycles. The van der Waals surface area contributed by atoms with Gasteiger partial charge >= 0.3 is 0 Å². The van der Waals surface area contributed by atoms with E-state index in [9.17, 15) is 0 Å². The Balaban J connectivity index is 1.98. The fourth-order valence-corrected chi connectivity index (χ4v) is 2.57. The maximum atomic E-state index is 4.78. The third kappa shape index (κ3) is 4.57. The summed E-state index contributed by atoms with van der Waals surface area (Å²) >= 11 is 0. The molecule has 0 bridgehead atoms. The van der Waals surface area contributed by atoms with Crippen molar-refractivity contribution in [2.45, 2.75) is 53.5 Å². The van der Waals surface area contributed by atoms with Crippen molar-refractivity contribution < 1.29 is 0 Å². The summed E-state index contributed by atoms with van der Waals surface area (Å²) in [5.41, 5.74) is 2.79. The van der Waals surface area contributed by atoms with Gasteiger partial charge in [0, 0.05) is 19.5 Å². The molecule has 0 fully saturated rings. The van der Waals surface area contributed by atoms with Gasteiger partial charge in [0.05, 0.1) is 11.0 Å². The Bertz CT molecular complexity index is 563. The smallest absolute Gasteiger partial charge is 0.109 e. The lowest BCUT2D eigenvalue weighted by Crippen LogP contribution is -2.24. The maximum absolute atomic E-state index is 4.78. The van der Waals surface area contributed by atoms with Crippen LogP contribution in [0.5, 0.6) is 0 Å². The zero-order chi connectivity index (χ0) is 15.3. The molecule has 0 unspecified atom stereocenters. The lowest BCUT2D eigenvalue weighted by atomic mass is 9.92. The number of hydrogen-bond acceptors (Lipinski definition) is 2. The molecule has 0 aliphatic carbocycles. The Morgan fingerprint density at radius 2 is 1.90 bits per heavy atom. The van der Waals surface area contributed by atoms with Crippen molar-refractivity contribution in [2.75, 3.05) is 13.1 Å². The largest absolute Gasteiger partial charge is 0.327 e. The van der Waals surface area contributed by atoms with E-state index in [0.717, 1.165) is 38.0 Å². The topological polar surface area (TPSA) is 29.9 Å². The second-order valence-corrected chi connectivity index (χ2v) is 6.98. The minimum Gasteiger partial charge on any atom is -0.327 e. The highest BCUT2D eigenvalue weighted by Gasteiger charge is 2.10. The maximum Gasteiger partial charge on any atom is 0.109 e. The molecule has 1 aromatic heterocycles. The Morgan fingerprint density at radius 3 is 2.62 bits per heavy atom. The Labute approximate surface area is 128 Å². The molecule has 3 heteroatoms. The minimum absolute atomic E-state index is 0.405. The third-order valence-electron chi connectivity index (χ3n) is 3.77. The molecule has 2 rings (SSSR count). The van der Waals surface area contributed by atoms with Crippen molar-refractivity contribution in [2.24, 2.45) is 5.41 Å². The monoisotopic (exact) mass is 287 g/mol. The van der Waals surface area contributed by atoms with Gasteiger partial charge < -0.3 is 9.88 Å². The van der Waals surface area contributed by atoms with Crippen molar-refractivity contribution in [3.8, 4) is 0 Å². The molecule has 0 aliphatic heterocycles. The standard InChI is InChI=1S/C18H29N3/c1-5-8-17-20-15-9-6-7-10-16(15)21(17)14-13-19-12-11-18(2,3)4/h6-7,9-10,19H,5,8,11-14H2,1-4H3. The van der Waals surface area contributed by atoms with Crippen molar-refractivity contribution in [1.82, 2.24) is 14.9 Å². The van der Waals surface area contributed by atoms with E-state index in [1.807, 2.05) is 0 Å². The SMILES string of the molecule is CCCc1nc2ccccc2n1CCNCCC(C)(C)C. The molecule has 2 aromatic rings. The molecule has 1 heterocycles. The molecule has 21 heavy (non-hydrogen) atoms. The number of imidazole rings is 1. The average Bonchev–Trinajstić information content (AvgIpc) is 2.76. The van der Waals surface area contributed by atoms with Gasteiger partial charge in [-0.3, -0.25) is 0 Å². The molecule has 0 radical (unpaired) electrons. The first-order chi connectivity index (χ1) is 10.0. The molecule has 0 atom stereocenters. The molecule has 0 spiro atoms. The van der Waals surface area contributed by atoms with Gasteiger partial charge in [-0.25, -0.2) is 4.98 Å². The van der Waals surface area contributed by atoms with Crippen LogP contribution < -0.4 is 5.32 Å². The molecule has 0 aliphatic rings. The highest BCUT2D eigenvalue weighted by Crippen LogP contribution is 2.18. The molecule has 1 N–H and O–H groups in total. The van der Waals surface area contributed by atoms with E-state index in [4.69, 9.17) is 4.98 Å². The molecular formula is C18H29N3. The second kappa shape index (κ2) is 7.08. The summed E-state index contributed by atoms with van der Waals surface area (Å²) in [5, 5.41) is 3.57. The van der Waals surface area contributed by atoms with Gasteiger partial charge in [-0.2, -0.15) is 0 Å². The quantitative estimate of drug-likeness (QED) is 0.780. The summed E-state index contributed by atoms with van der Waals surface area (Å²) < 4.78 is 2.38. The molecule has 0 saturated carbocycles. The van der Waals surface area contributed by atoms with Gasteiger partial charge in [0.1, 0.15) is 5.82 Å². The Hall–Kier alpha value is -1.35. The lowest BCUT2D eigenvalue weighted by molar-refractivity contribution is 0.365. The number of rotatable bonds is 7. The summed E-state index contributed by atoms with van der Waals surface area (Å²) in [4.78, 5) is 4.78. The Kier molecular flexibility index (Phi) is 5.40. The first-order valence-electron chi connectivity index (χ1n) is 8.16. The number of hydrogen-bond donors (Lipinski definition) is 1. The van der Waals surface area contributed by atoms with Crippen molar-refractivity contribution in [3.05, 3.63) is 30.1 Å².